The molecule has 0 spiro atoms. The van der Waals surface area contributed by atoms with Gasteiger partial charge in [-0.15, -0.1) is 0 Å². The van der Waals surface area contributed by atoms with Crippen LogP contribution in [0.25, 0.3) is 0 Å². The predicted molar refractivity (Wildman–Crippen MR) is 81.7 cm³/mol. The molecule has 0 aliphatic heterocycles. The van der Waals surface area contributed by atoms with E-state index in [2.05, 4.69) is 10.6 Å². The summed E-state index contributed by atoms with van der Waals surface area (Å²) in [6.07, 6.45) is 0. The van der Waals surface area contributed by atoms with Gasteiger partial charge in [0.05, 0.1) is 12.1 Å². The van der Waals surface area contributed by atoms with Crippen molar-refractivity contribution in [3.05, 3.63) is 70.8 Å². The Hall–Kier alpha value is -2.76. The third-order valence-electron chi connectivity index (χ3n) is 3.32. The summed E-state index contributed by atoms with van der Waals surface area (Å²) in [5, 5.41) is 4.96. The van der Waals surface area contributed by atoms with Crippen molar-refractivity contribution in [2.24, 2.45) is 0 Å². The lowest BCUT2D eigenvalue weighted by atomic mass is 10.1. The third-order valence-corrected chi connectivity index (χ3v) is 3.32. The highest BCUT2D eigenvalue weighted by Crippen LogP contribution is 2.09. The van der Waals surface area contributed by atoms with Gasteiger partial charge in [-0.3, -0.25) is 9.59 Å². The molecule has 0 saturated heterocycles. The van der Waals surface area contributed by atoms with E-state index in [0.29, 0.717) is 12.6 Å². The van der Waals surface area contributed by atoms with E-state index < -0.39 is 23.4 Å². The summed E-state index contributed by atoms with van der Waals surface area (Å²) in [5.74, 6) is -2.91. The van der Waals surface area contributed by atoms with Crippen LogP contribution in [0.2, 0.25) is 0 Å². The zero-order valence-corrected chi connectivity index (χ0v) is 12.5. The highest BCUT2D eigenvalue weighted by Gasteiger charge is 2.13. The summed E-state index contributed by atoms with van der Waals surface area (Å²) in [4.78, 5) is 23.5. The van der Waals surface area contributed by atoms with Gasteiger partial charge in [0.15, 0.2) is 0 Å². The van der Waals surface area contributed by atoms with Crippen LogP contribution >= 0.6 is 0 Å². The number of halogens is 2. The van der Waals surface area contributed by atoms with Gasteiger partial charge >= 0.3 is 0 Å². The molecule has 2 aromatic rings. The largest absolute Gasteiger partial charge is 0.350 e. The minimum Gasteiger partial charge on any atom is -0.350 e. The standard InChI is InChI=1S/C17H16F2N2O2/c1-11-4-2-3-5-12(11)9-20-16(22)10-21-17(23)14-7-6-13(18)8-15(14)19/h2-8H,9-10H2,1H3,(H,20,22)(H,21,23). The normalized spacial score (nSPS) is 10.2. The highest BCUT2D eigenvalue weighted by molar-refractivity contribution is 5.96. The van der Waals surface area contributed by atoms with Crippen LogP contribution in [-0.4, -0.2) is 18.4 Å². The number of rotatable bonds is 5. The predicted octanol–water partition coefficient (Wildman–Crippen LogP) is 2.32. The van der Waals surface area contributed by atoms with Crippen molar-refractivity contribution in [2.45, 2.75) is 13.5 Å². The third kappa shape index (κ3) is 4.60. The van der Waals surface area contributed by atoms with E-state index in [0.717, 1.165) is 23.3 Å². The number of nitrogens with one attached hydrogen (secondary N) is 2. The number of amides is 2. The first-order valence-corrected chi connectivity index (χ1v) is 7.02. The molecule has 2 aromatic carbocycles. The summed E-state index contributed by atoms with van der Waals surface area (Å²) < 4.78 is 26.2. The van der Waals surface area contributed by atoms with Crippen LogP contribution in [0.1, 0.15) is 21.5 Å². The van der Waals surface area contributed by atoms with Gasteiger partial charge < -0.3 is 10.6 Å². The first kappa shape index (κ1) is 16.6. The molecular formula is C17H16F2N2O2. The minimum absolute atomic E-state index is 0.290. The second kappa shape index (κ2) is 7.49. The Labute approximate surface area is 132 Å². The molecule has 6 heteroatoms. The molecule has 0 aromatic heterocycles. The molecule has 0 unspecified atom stereocenters. The Balaban J connectivity index is 1.84. The number of carbonyl (C=O) groups excluding carboxylic acids is 2. The second-order valence-corrected chi connectivity index (χ2v) is 5.01. The minimum atomic E-state index is -0.970. The van der Waals surface area contributed by atoms with Gasteiger partial charge in [0, 0.05) is 12.6 Å². The first-order valence-electron chi connectivity index (χ1n) is 7.02. The van der Waals surface area contributed by atoms with Crippen molar-refractivity contribution >= 4 is 11.8 Å². The summed E-state index contributed by atoms with van der Waals surface area (Å²) >= 11 is 0. The van der Waals surface area contributed by atoms with Crippen molar-refractivity contribution in [1.82, 2.24) is 10.6 Å². The molecule has 0 aliphatic carbocycles. The first-order chi connectivity index (χ1) is 11.0. The monoisotopic (exact) mass is 318 g/mol. The summed E-state index contributed by atoms with van der Waals surface area (Å²) in [6, 6.07) is 10.2. The molecule has 4 nitrogen and oxygen atoms in total. The van der Waals surface area contributed by atoms with Gasteiger partial charge in [-0.1, -0.05) is 24.3 Å². The molecule has 2 rings (SSSR count). The van der Waals surface area contributed by atoms with Gasteiger partial charge in [0.25, 0.3) is 5.91 Å². The summed E-state index contributed by atoms with van der Waals surface area (Å²) in [5.41, 5.74) is 1.71. The van der Waals surface area contributed by atoms with Gasteiger partial charge in [0.2, 0.25) is 5.91 Å². The lowest BCUT2D eigenvalue weighted by Gasteiger charge is -2.09. The summed E-state index contributed by atoms with van der Waals surface area (Å²) in [7, 11) is 0. The second-order valence-electron chi connectivity index (χ2n) is 5.01. The Morgan fingerprint density at radius 2 is 1.78 bits per heavy atom. The van der Waals surface area contributed by atoms with E-state index in [9.17, 15) is 18.4 Å². The van der Waals surface area contributed by atoms with E-state index in [-0.39, 0.29) is 12.1 Å². The van der Waals surface area contributed by atoms with Crippen LogP contribution in [0.3, 0.4) is 0 Å². The number of aryl methyl sites for hydroxylation is 1. The Kier molecular flexibility index (Phi) is 5.41. The number of carbonyl (C=O) groups is 2. The van der Waals surface area contributed by atoms with Crippen LogP contribution < -0.4 is 10.6 Å². The Bertz CT molecular complexity index is 732. The lowest BCUT2D eigenvalue weighted by molar-refractivity contribution is -0.120. The fraction of sp³-hybridized carbons (Fsp3) is 0.176. The number of benzene rings is 2. The maximum absolute atomic E-state index is 13.4. The van der Waals surface area contributed by atoms with Crippen molar-refractivity contribution in [3.8, 4) is 0 Å². The van der Waals surface area contributed by atoms with Crippen LogP contribution in [0.5, 0.6) is 0 Å². The molecule has 120 valence electrons. The van der Waals surface area contributed by atoms with Gasteiger partial charge in [-0.25, -0.2) is 8.78 Å². The Morgan fingerprint density at radius 1 is 1.04 bits per heavy atom. The number of hydrogen-bond acceptors (Lipinski definition) is 2. The van der Waals surface area contributed by atoms with E-state index in [1.54, 1.807) is 0 Å². The lowest BCUT2D eigenvalue weighted by Crippen LogP contribution is -2.37. The summed E-state index contributed by atoms with van der Waals surface area (Å²) in [6.45, 7) is 1.98. The fourth-order valence-corrected chi connectivity index (χ4v) is 1.99. The molecule has 0 heterocycles. The van der Waals surface area contributed by atoms with Crippen LogP contribution in [-0.2, 0) is 11.3 Å². The van der Waals surface area contributed by atoms with E-state index in [1.807, 2.05) is 31.2 Å². The van der Waals surface area contributed by atoms with E-state index >= 15 is 0 Å². The van der Waals surface area contributed by atoms with Crippen molar-refractivity contribution < 1.29 is 18.4 Å². The van der Waals surface area contributed by atoms with Crippen LogP contribution in [0.4, 0.5) is 8.78 Å². The van der Waals surface area contributed by atoms with E-state index in [1.165, 1.54) is 0 Å². The molecule has 0 atom stereocenters. The smallest absolute Gasteiger partial charge is 0.254 e. The SMILES string of the molecule is Cc1ccccc1CNC(=O)CNC(=O)c1ccc(F)cc1F. The molecule has 2 N–H and O–H groups in total. The maximum atomic E-state index is 13.4. The zero-order chi connectivity index (χ0) is 16.8. The molecule has 0 aliphatic rings. The van der Waals surface area contributed by atoms with Crippen LogP contribution in [0.15, 0.2) is 42.5 Å². The van der Waals surface area contributed by atoms with Crippen molar-refractivity contribution in [3.63, 3.8) is 0 Å². The molecular weight excluding hydrogens is 302 g/mol. The zero-order valence-electron chi connectivity index (χ0n) is 12.5. The Morgan fingerprint density at radius 3 is 2.48 bits per heavy atom. The van der Waals surface area contributed by atoms with Gasteiger partial charge in [-0.2, -0.15) is 0 Å². The van der Waals surface area contributed by atoms with Gasteiger partial charge in [0.1, 0.15) is 11.6 Å². The molecule has 0 bridgehead atoms. The topological polar surface area (TPSA) is 58.2 Å². The van der Waals surface area contributed by atoms with Crippen LogP contribution in [0, 0.1) is 18.6 Å². The van der Waals surface area contributed by atoms with Gasteiger partial charge in [-0.05, 0) is 30.2 Å². The van der Waals surface area contributed by atoms with E-state index in [4.69, 9.17) is 0 Å². The highest BCUT2D eigenvalue weighted by atomic mass is 19.1. The maximum Gasteiger partial charge on any atom is 0.254 e. The quantitative estimate of drug-likeness (QED) is 0.889. The fourth-order valence-electron chi connectivity index (χ4n) is 1.99. The average molecular weight is 318 g/mol. The van der Waals surface area contributed by atoms with Crippen molar-refractivity contribution in [2.75, 3.05) is 6.54 Å². The molecule has 23 heavy (non-hydrogen) atoms. The average Bonchev–Trinajstić information content (AvgIpc) is 2.52. The molecule has 0 radical (unpaired) electrons. The molecule has 0 saturated carbocycles. The number of hydrogen-bond donors (Lipinski definition) is 2. The molecule has 0 fully saturated rings. The molecule has 2 amide bonds. The van der Waals surface area contributed by atoms with Crippen molar-refractivity contribution in [1.29, 1.82) is 0 Å².